The Hall–Kier alpha value is -8.10. The van der Waals surface area contributed by atoms with Crippen LogP contribution in [0, 0.1) is 0 Å². The van der Waals surface area contributed by atoms with Gasteiger partial charge < -0.3 is 14.8 Å². The van der Waals surface area contributed by atoms with Crippen LogP contribution in [0.15, 0.2) is 217 Å². The Morgan fingerprint density at radius 2 is 0.926 bits per heavy atom. The Kier molecular flexibility index (Phi) is 12.2. The largest absolute Gasteiger partial charge is 2.00 e. The van der Waals surface area contributed by atoms with Crippen molar-refractivity contribution >= 4 is 55.5 Å². The molecule has 0 amide bonds. The summed E-state index contributed by atoms with van der Waals surface area (Å²) in [6.45, 7) is 0.258. The maximum absolute atomic E-state index is 15.1. The van der Waals surface area contributed by atoms with Crippen molar-refractivity contribution in [3.05, 3.63) is 223 Å². The van der Waals surface area contributed by atoms with Gasteiger partial charge in [0.1, 0.15) is 0 Å². The molecule has 68 heavy (non-hydrogen) atoms. The third kappa shape index (κ3) is 8.34. The fraction of sp³-hybridized carbons (Fsp3) is 0.0656. The summed E-state index contributed by atoms with van der Waals surface area (Å²) in [5.74, 6) is -0.192. The second kappa shape index (κ2) is 19.0. The maximum Gasteiger partial charge on any atom is 2.00 e. The van der Waals surface area contributed by atoms with E-state index in [0.717, 1.165) is 82.2 Å². The van der Waals surface area contributed by atoms with Crippen molar-refractivity contribution in [2.45, 2.75) is 12.5 Å². The smallest absolute Gasteiger partial charge is 0.872 e. The standard InChI is InChI=1S/C61H46N4O2.Co/c1-65-38-49(64-39-65)34-48(63-36-47-33-45-23-11-15-27-53(45)59(61(47)67)57-51-25-13-9-21-43(51)29-31-55(57)41-18-6-3-7-19-41)37-62-35-46-32-44-22-10-14-26-52(44)58(60(46)66)56-50-24-12-8-20-42(50)28-30-54(56)40-16-4-2-5-17-40;/h2-33,35-36,38-39,48,66-67H,34,37H2,1H3;/q;+2/p-2/t48-;/m0./s1. The third-order valence-electron chi connectivity index (χ3n) is 12.8. The van der Waals surface area contributed by atoms with Crippen molar-refractivity contribution in [1.82, 2.24) is 9.55 Å². The van der Waals surface area contributed by atoms with E-state index in [1.54, 1.807) is 18.8 Å². The molecule has 1 heterocycles. The molecule has 0 aliphatic carbocycles. The predicted octanol–water partition coefficient (Wildman–Crippen LogP) is 13.0. The zero-order valence-electron chi connectivity index (χ0n) is 37.2. The predicted molar refractivity (Wildman–Crippen MR) is 274 cm³/mol. The van der Waals surface area contributed by atoms with E-state index in [9.17, 15) is 0 Å². The van der Waals surface area contributed by atoms with Gasteiger partial charge in [0, 0.05) is 32.1 Å². The van der Waals surface area contributed by atoms with Crippen LogP contribution < -0.4 is 10.2 Å². The number of nitrogens with zero attached hydrogens (tertiary/aromatic N) is 4. The summed E-state index contributed by atoms with van der Waals surface area (Å²) in [6, 6.07) is 65.1. The van der Waals surface area contributed by atoms with E-state index in [2.05, 4.69) is 89.9 Å². The fourth-order valence-corrected chi connectivity index (χ4v) is 9.62. The summed E-state index contributed by atoms with van der Waals surface area (Å²) >= 11 is 0. The van der Waals surface area contributed by atoms with Gasteiger partial charge in [-0.2, -0.15) is 0 Å². The number of benzene rings is 10. The van der Waals surface area contributed by atoms with Crippen molar-refractivity contribution in [1.29, 1.82) is 0 Å². The van der Waals surface area contributed by atoms with Crippen molar-refractivity contribution in [3.8, 4) is 56.0 Å². The summed E-state index contributed by atoms with van der Waals surface area (Å²) in [6.07, 6.45) is 7.65. The number of aliphatic imine (C=N–C) groups is 2. The molecule has 11 aromatic rings. The topological polar surface area (TPSA) is 88.7 Å². The van der Waals surface area contributed by atoms with Gasteiger partial charge in [0.05, 0.1) is 24.6 Å². The molecule has 0 saturated heterocycles. The van der Waals surface area contributed by atoms with Crippen LogP contribution in [-0.4, -0.2) is 34.6 Å². The summed E-state index contributed by atoms with van der Waals surface area (Å²) in [5.41, 5.74) is 8.98. The van der Waals surface area contributed by atoms with E-state index in [4.69, 9.17) is 9.98 Å². The van der Waals surface area contributed by atoms with Crippen LogP contribution in [0.1, 0.15) is 16.8 Å². The summed E-state index contributed by atoms with van der Waals surface area (Å²) in [5, 5.41) is 37.9. The monoisotopic (exact) mass is 923 g/mol. The van der Waals surface area contributed by atoms with Crippen LogP contribution in [0.25, 0.3) is 87.6 Å². The first-order valence-corrected chi connectivity index (χ1v) is 22.6. The van der Waals surface area contributed by atoms with Crippen molar-refractivity contribution < 1.29 is 27.0 Å². The Morgan fingerprint density at radius 1 is 0.500 bits per heavy atom. The zero-order valence-corrected chi connectivity index (χ0v) is 38.3. The number of rotatable bonds is 11. The molecule has 10 aromatic carbocycles. The van der Waals surface area contributed by atoms with Gasteiger partial charge in [0.2, 0.25) is 0 Å². The van der Waals surface area contributed by atoms with Gasteiger partial charge in [-0.3, -0.25) is 9.98 Å². The molecule has 0 unspecified atom stereocenters. The average molecular weight is 924 g/mol. The Bertz CT molecular complexity index is 3690. The van der Waals surface area contributed by atoms with Gasteiger partial charge in [-0.05, 0) is 111 Å². The number of hydrogen-bond donors (Lipinski definition) is 0. The Balaban J connectivity index is 0.00000539. The summed E-state index contributed by atoms with van der Waals surface area (Å²) in [4.78, 5) is 14.7. The van der Waals surface area contributed by atoms with E-state index >= 15 is 10.2 Å². The zero-order chi connectivity index (χ0) is 45.3. The van der Waals surface area contributed by atoms with Gasteiger partial charge in [0.15, 0.2) is 0 Å². The fourth-order valence-electron chi connectivity index (χ4n) is 9.62. The Morgan fingerprint density at radius 3 is 1.40 bits per heavy atom. The van der Waals surface area contributed by atoms with Crippen LogP contribution in [0.2, 0.25) is 0 Å². The van der Waals surface area contributed by atoms with E-state index in [0.29, 0.717) is 28.7 Å². The van der Waals surface area contributed by atoms with Crippen LogP contribution in [0.4, 0.5) is 0 Å². The first-order chi connectivity index (χ1) is 33.0. The van der Waals surface area contributed by atoms with E-state index in [1.807, 2.05) is 127 Å². The molecule has 0 aliphatic heterocycles. The van der Waals surface area contributed by atoms with Crippen LogP contribution in [0.3, 0.4) is 0 Å². The molecule has 0 bridgehead atoms. The normalized spacial score (nSPS) is 12.1. The number of aromatic nitrogens is 2. The molecule has 0 aliphatic rings. The minimum absolute atomic E-state index is 0. The van der Waals surface area contributed by atoms with Gasteiger partial charge in [-0.1, -0.05) is 193 Å². The molecule has 1 aromatic heterocycles. The SMILES string of the molecule is Cn1cnc(C[C@@H](CN=Cc2cc3ccccc3c(-c3c(-c4ccccc4)ccc4ccccc34)c2[O-])N=Cc2cc3ccccc3c(-c3c(-c4ccccc4)ccc4ccccc34)c2[O-])c1.[Co+2]. The van der Waals surface area contributed by atoms with Gasteiger partial charge >= 0.3 is 16.8 Å². The number of hydrogen-bond acceptors (Lipinski definition) is 5. The number of fused-ring (bicyclic) bond motifs is 4. The summed E-state index contributed by atoms with van der Waals surface area (Å²) in [7, 11) is 1.94. The van der Waals surface area contributed by atoms with Crippen molar-refractivity contribution in [2.24, 2.45) is 17.0 Å². The number of imidazole rings is 1. The average Bonchev–Trinajstić information content (AvgIpc) is 3.79. The molecule has 1 radical (unpaired) electrons. The molecular weight excluding hydrogens is 880 g/mol. The Labute approximate surface area is 405 Å². The maximum atomic E-state index is 15.1. The quantitative estimate of drug-likeness (QED) is 0.121. The molecule has 6 nitrogen and oxygen atoms in total. The van der Waals surface area contributed by atoms with E-state index in [1.165, 1.54) is 0 Å². The molecule has 0 saturated carbocycles. The van der Waals surface area contributed by atoms with Gasteiger partial charge in [0.25, 0.3) is 0 Å². The molecule has 329 valence electrons. The molecule has 0 spiro atoms. The molecule has 1 atom stereocenters. The van der Waals surface area contributed by atoms with Crippen molar-refractivity contribution in [2.75, 3.05) is 6.54 Å². The number of aryl methyl sites for hydroxylation is 1. The van der Waals surface area contributed by atoms with Gasteiger partial charge in [-0.15, -0.1) is 0 Å². The minimum Gasteiger partial charge on any atom is -0.872 e. The van der Waals surface area contributed by atoms with Crippen molar-refractivity contribution in [3.63, 3.8) is 0 Å². The van der Waals surface area contributed by atoms with E-state index < -0.39 is 6.04 Å². The van der Waals surface area contributed by atoms with E-state index in [-0.39, 0.29) is 34.8 Å². The third-order valence-corrected chi connectivity index (χ3v) is 12.8. The summed E-state index contributed by atoms with van der Waals surface area (Å²) < 4.78 is 1.91. The second-order valence-electron chi connectivity index (χ2n) is 17.1. The van der Waals surface area contributed by atoms with Crippen LogP contribution >= 0.6 is 0 Å². The first-order valence-electron chi connectivity index (χ1n) is 22.6. The molecule has 7 heteroatoms. The molecule has 0 N–H and O–H groups in total. The van der Waals surface area contributed by atoms with Crippen LogP contribution in [0.5, 0.6) is 11.5 Å². The minimum atomic E-state index is -0.393. The van der Waals surface area contributed by atoms with Crippen LogP contribution in [-0.2, 0) is 30.2 Å². The molecular formula is C61H44CoN4O2. The first kappa shape index (κ1) is 43.8. The van der Waals surface area contributed by atoms with Gasteiger partial charge in [-0.25, -0.2) is 4.98 Å². The molecule has 0 fully saturated rings. The second-order valence-corrected chi connectivity index (χ2v) is 17.1. The molecule has 11 rings (SSSR count).